The van der Waals surface area contributed by atoms with Gasteiger partial charge in [0.1, 0.15) is 0 Å². The van der Waals surface area contributed by atoms with E-state index < -0.39 is 12.2 Å². The Balaban J connectivity index is 0.00000243. The standard InChI is InChI=1S/C22H29NO2.ClH/c1-23-19(15-21(24)17-9-4-2-5-10-17)13-8-14-20(23)16-22(25)18-11-6-3-7-12-18;/h2-7,9-12,19-22,24-25H,8,13-16H2,1H3;1H/p-1. The molecule has 3 nitrogen and oxygen atoms in total. The van der Waals surface area contributed by atoms with E-state index in [1.165, 1.54) is 0 Å². The first-order chi connectivity index (χ1) is 12.1. The molecule has 0 aliphatic carbocycles. The third-order valence-corrected chi connectivity index (χ3v) is 5.59. The Kier molecular flexibility index (Phi) is 8.11. The molecule has 4 heteroatoms. The highest BCUT2D eigenvalue weighted by atomic mass is 35.5. The second kappa shape index (κ2) is 10.1. The molecule has 2 aromatic carbocycles. The maximum absolute atomic E-state index is 10.6. The third kappa shape index (κ3) is 5.31. The molecule has 0 radical (unpaired) electrons. The van der Waals surface area contributed by atoms with Gasteiger partial charge < -0.3 is 27.5 Å². The fraction of sp³-hybridized carbons (Fsp3) is 0.455. The molecule has 1 aliphatic heterocycles. The SMILES string of the molecule is CN1C(CC(O)c2ccccc2)CCCC1CC(O)c1ccccc1.[Cl-]. The van der Waals surface area contributed by atoms with Gasteiger partial charge in [0.25, 0.3) is 0 Å². The molecule has 0 bridgehead atoms. The quantitative estimate of drug-likeness (QED) is 0.795. The summed E-state index contributed by atoms with van der Waals surface area (Å²) in [6.45, 7) is 0. The molecular formula is C22H29ClNO2-. The van der Waals surface area contributed by atoms with Gasteiger partial charge in [0, 0.05) is 12.1 Å². The molecule has 1 heterocycles. The van der Waals surface area contributed by atoms with E-state index in [0.717, 1.165) is 43.2 Å². The number of benzene rings is 2. The summed E-state index contributed by atoms with van der Waals surface area (Å²) in [5.41, 5.74) is 1.98. The van der Waals surface area contributed by atoms with E-state index in [9.17, 15) is 10.2 Å². The van der Waals surface area contributed by atoms with E-state index in [4.69, 9.17) is 0 Å². The van der Waals surface area contributed by atoms with Crippen molar-refractivity contribution in [3.8, 4) is 0 Å². The molecule has 4 unspecified atom stereocenters. The summed E-state index contributed by atoms with van der Waals surface area (Å²) in [4.78, 5) is 2.38. The zero-order valence-corrected chi connectivity index (χ0v) is 16.1. The van der Waals surface area contributed by atoms with Crippen LogP contribution < -0.4 is 12.4 Å². The summed E-state index contributed by atoms with van der Waals surface area (Å²) >= 11 is 0. The minimum absolute atomic E-state index is 0. The molecular weight excluding hydrogens is 346 g/mol. The molecule has 3 rings (SSSR count). The van der Waals surface area contributed by atoms with E-state index in [-0.39, 0.29) is 12.4 Å². The summed E-state index contributed by atoms with van der Waals surface area (Å²) in [6, 6.07) is 20.5. The molecule has 2 N–H and O–H groups in total. The highest BCUT2D eigenvalue weighted by molar-refractivity contribution is 5.18. The number of rotatable bonds is 6. The van der Waals surface area contributed by atoms with Crippen molar-refractivity contribution in [2.24, 2.45) is 0 Å². The zero-order valence-electron chi connectivity index (χ0n) is 15.3. The molecule has 142 valence electrons. The Morgan fingerprint density at radius 1 is 0.808 bits per heavy atom. The van der Waals surface area contributed by atoms with Crippen LogP contribution in [0.4, 0.5) is 0 Å². The Hall–Kier alpha value is -1.39. The van der Waals surface area contributed by atoms with Crippen LogP contribution in [0.3, 0.4) is 0 Å². The first kappa shape index (κ1) is 20.9. The van der Waals surface area contributed by atoms with Crippen molar-refractivity contribution in [1.29, 1.82) is 0 Å². The van der Waals surface area contributed by atoms with Crippen LogP contribution in [0.2, 0.25) is 0 Å². The van der Waals surface area contributed by atoms with Crippen molar-refractivity contribution < 1.29 is 22.6 Å². The van der Waals surface area contributed by atoms with E-state index in [1.807, 2.05) is 60.7 Å². The second-order valence-electron chi connectivity index (χ2n) is 7.23. The number of piperidine rings is 1. The first-order valence-corrected chi connectivity index (χ1v) is 9.33. The fourth-order valence-corrected chi connectivity index (χ4v) is 4.00. The minimum Gasteiger partial charge on any atom is -1.00 e. The molecule has 1 fully saturated rings. The van der Waals surface area contributed by atoms with E-state index in [1.54, 1.807) is 0 Å². The van der Waals surface area contributed by atoms with Gasteiger partial charge in [-0.15, -0.1) is 0 Å². The van der Waals surface area contributed by atoms with Crippen LogP contribution >= 0.6 is 0 Å². The number of halogens is 1. The largest absolute Gasteiger partial charge is 1.00 e. The average molecular weight is 375 g/mol. The number of aliphatic hydroxyl groups excluding tert-OH is 2. The van der Waals surface area contributed by atoms with Gasteiger partial charge in [0.2, 0.25) is 0 Å². The highest BCUT2D eigenvalue weighted by Crippen LogP contribution is 2.32. The lowest BCUT2D eigenvalue weighted by molar-refractivity contribution is -0.0000152. The second-order valence-corrected chi connectivity index (χ2v) is 7.23. The van der Waals surface area contributed by atoms with Gasteiger partial charge in [-0.05, 0) is 43.9 Å². The number of likely N-dealkylation sites (tertiary alicyclic amines) is 1. The van der Waals surface area contributed by atoms with E-state index in [0.29, 0.717) is 12.1 Å². The van der Waals surface area contributed by atoms with Crippen molar-refractivity contribution in [1.82, 2.24) is 4.90 Å². The van der Waals surface area contributed by atoms with Crippen LogP contribution in [0.25, 0.3) is 0 Å². The maximum atomic E-state index is 10.6. The summed E-state index contributed by atoms with van der Waals surface area (Å²) in [5.74, 6) is 0. The number of hydrogen-bond acceptors (Lipinski definition) is 3. The number of aliphatic hydroxyl groups is 2. The Morgan fingerprint density at radius 2 is 1.19 bits per heavy atom. The van der Waals surface area contributed by atoms with E-state index >= 15 is 0 Å². The number of nitrogens with zero attached hydrogens (tertiary/aromatic N) is 1. The van der Waals surface area contributed by atoms with Crippen molar-refractivity contribution >= 4 is 0 Å². The summed E-state index contributed by atoms with van der Waals surface area (Å²) in [6.07, 6.45) is 4.02. The lowest BCUT2D eigenvalue weighted by Crippen LogP contribution is -3.00. The molecule has 0 amide bonds. The lowest BCUT2D eigenvalue weighted by atomic mass is 9.88. The monoisotopic (exact) mass is 374 g/mol. The highest BCUT2D eigenvalue weighted by Gasteiger charge is 2.30. The van der Waals surface area contributed by atoms with Gasteiger partial charge in [0.05, 0.1) is 12.2 Å². The molecule has 1 aliphatic rings. The topological polar surface area (TPSA) is 43.7 Å². The zero-order chi connectivity index (χ0) is 17.6. The van der Waals surface area contributed by atoms with Crippen LogP contribution in [0, 0.1) is 0 Å². The number of hydrogen-bond donors (Lipinski definition) is 2. The normalized spacial score (nSPS) is 23.0. The first-order valence-electron chi connectivity index (χ1n) is 9.33. The van der Waals surface area contributed by atoms with Crippen molar-refractivity contribution in [3.05, 3.63) is 71.8 Å². The van der Waals surface area contributed by atoms with Crippen molar-refractivity contribution in [2.45, 2.75) is 56.4 Å². The Morgan fingerprint density at radius 3 is 1.58 bits per heavy atom. The van der Waals surface area contributed by atoms with Crippen molar-refractivity contribution in [3.63, 3.8) is 0 Å². The van der Waals surface area contributed by atoms with Gasteiger partial charge in [-0.3, -0.25) is 0 Å². The molecule has 0 aromatic heterocycles. The summed E-state index contributed by atoms with van der Waals surface area (Å²) in [7, 11) is 2.14. The molecule has 0 spiro atoms. The maximum Gasteiger partial charge on any atom is 0.0805 e. The van der Waals surface area contributed by atoms with Gasteiger partial charge in [-0.1, -0.05) is 67.1 Å². The van der Waals surface area contributed by atoms with Gasteiger partial charge in [0.15, 0.2) is 0 Å². The minimum atomic E-state index is -0.425. The van der Waals surface area contributed by atoms with Gasteiger partial charge in [-0.25, -0.2) is 0 Å². The van der Waals surface area contributed by atoms with Crippen LogP contribution in [0.5, 0.6) is 0 Å². The lowest BCUT2D eigenvalue weighted by Gasteiger charge is -2.41. The van der Waals surface area contributed by atoms with Crippen LogP contribution in [0.1, 0.15) is 55.4 Å². The summed E-state index contributed by atoms with van der Waals surface area (Å²) in [5, 5.41) is 21.1. The van der Waals surface area contributed by atoms with Crippen LogP contribution in [0.15, 0.2) is 60.7 Å². The fourth-order valence-electron chi connectivity index (χ4n) is 4.00. The molecule has 4 atom stereocenters. The third-order valence-electron chi connectivity index (χ3n) is 5.59. The molecule has 0 saturated carbocycles. The van der Waals surface area contributed by atoms with Gasteiger partial charge >= 0.3 is 0 Å². The molecule has 26 heavy (non-hydrogen) atoms. The molecule has 1 saturated heterocycles. The van der Waals surface area contributed by atoms with Crippen LogP contribution in [-0.4, -0.2) is 34.2 Å². The Labute approximate surface area is 163 Å². The summed E-state index contributed by atoms with van der Waals surface area (Å²) < 4.78 is 0. The predicted molar refractivity (Wildman–Crippen MR) is 101 cm³/mol. The average Bonchev–Trinajstić information content (AvgIpc) is 2.66. The predicted octanol–water partition coefficient (Wildman–Crippen LogP) is 1.09. The smallest absolute Gasteiger partial charge is 0.0805 e. The molecule has 2 aromatic rings. The van der Waals surface area contributed by atoms with Gasteiger partial charge in [-0.2, -0.15) is 0 Å². The van der Waals surface area contributed by atoms with Crippen LogP contribution in [-0.2, 0) is 0 Å². The van der Waals surface area contributed by atoms with E-state index in [2.05, 4.69) is 11.9 Å². The van der Waals surface area contributed by atoms with Crippen molar-refractivity contribution in [2.75, 3.05) is 7.05 Å². The Bertz CT molecular complexity index is 582.